The summed E-state index contributed by atoms with van der Waals surface area (Å²) in [5.41, 5.74) is 1.72. The molecule has 2 atom stereocenters. The van der Waals surface area contributed by atoms with Crippen LogP contribution in [0.2, 0.25) is 5.02 Å². The van der Waals surface area contributed by atoms with Gasteiger partial charge in [0, 0.05) is 17.7 Å². The molecule has 0 radical (unpaired) electrons. The first-order chi connectivity index (χ1) is 16.7. The molecule has 9 heteroatoms. The first-order valence-electron chi connectivity index (χ1n) is 11.2. The Balaban J connectivity index is 1.82. The molecule has 0 fully saturated rings. The maximum absolute atomic E-state index is 12.8. The lowest BCUT2D eigenvalue weighted by Gasteiger charge is -2.30. The number of nitrogens with one attached hydrogen (secondary N) is 1. The molecule has 0 aliphatic heterocycles. The summed E-state index contributed by atoms with van der Waals surface area (Å²) in [6, 6.07) is 16.3. The number of hydrogen-bond donors (Lipinski definition) is 2. The van der Waals surface area contributed by atoms with Crippen molar-refractivity contribution in [2.45, 2.75) is 32.7 Å². The van der Waals surface area contributed by atoms with Gasteiger partial charge in [-0.25, -0.2) is 0 Å². The first kappa shape index (κ1) is 26.2. The van der Waals surface area contributed by atoms with Crippen LogP contribution < -0.4 is 10.1 Å². The van der Waals surface area contributed by atoms with E-state index in [-0.39, 0.29) is 24.7 Å². The summed E-state index contributed by atoms with van der Waals surface area (Å²) in [7, 11) is 1.42. The van der Waals surface area contributed by atoms with E-state index >= 15 is 0 Å². The molecule has 0 aliphatic carbocycles. The zero-order valence-corrected chi connectivity index (χ0v) is 20.7. The zero-order valence-electron chi connectivity index (χ0n) is 19.9. The Hall–Kier alpha value is -3.36. The predicted molar refractivity (Wildman–Crippen MR) is 132 cm³/mol. The number of methoxy groups -OCH3 is 1. The second-order valence-corrected chi connectivity index (χ2v) is 8.96. The summed E-state index contributed by atoms with van der Waals surface area (Å²) in [6.07, 6.45) is 0.553. The normalized spacial score (nSPS) is 13.6. The van der Waals surface area contributed by atoms with Crippen LogP contribution in [0, 0.1) is 5.41 Å². The van der Waals surface area contributed by atoms with Crippen LogP contribution in [0.1, 0.15) is 36.4 Å². The van der Waals surface area contributed by atoms with Crippen LogP contribution in [0.5, 0.6) is 5.88 Å². The summed E-state index contributed by atoms with van der Waals surface area (Å²) in [5.74, 6) is -1.35. The Morgan fingerprint density at radius 2 is 1.91 bits per heavy atom. The van der Waals surface area contributed by atoms with Gasteiger partial charge in [0.25, 0.3) is 11.8 Å². The molecule has 3 aromatic rings. The number of carbonyl (C=O) groups excluding carboxylic acids is 1. The second-order valence-electron chi connectivity index (χ2n) is 8.52. The third-order valence-corrected chi connectivity index (χ3v) is 5.92. The van der Waals surface area contributed by atoms with Gasteiger partial charge in [0.15, 0.2) is 0 Å². The second kappa shape index (κ2) is 11.9. The molecular formula is C26H29ClN2O6. The van der Waals surface area contributed by atoms with E-state index < -0.39 is 23.3 Å². The van der Waals surface area contributed by atoms with Crippen LogP contribution in [0.25, 0.3) is 11.1 Å². The maximum atomic E-state index is 12.8. The molecule has 186 valence electrons. The van der Waals surface area contributed by atoms with Crippen LogP contribution in [0.4, 0.5) is 0 Å². The number of carboxylic acids is 1. The Kier molecular flexibility index (Phi) is 8.89. The number of nitrogens with zero attached hydrogens (tertiary/aromatic N) is 1. The molecule has 0 bridgehead atoms. The summed E-state index contributed by atoms with van der Waals surface area (Å²) in [6.45, 7) is 3.84. The number of carboxylic acid groups (broad SMARTS) is 1. The molecule has 1 heterocycles. The molecule has 8 nitrogen and oxygen atoms in total. The van der Waals surface area contributed by atoms with Gasteiger partial charge < -0.3 is 24.4 Å². The zero-order chi connectivity index (χ0) is 25.4. The third-order valence-electron chi connectivity index (χ3n) is 5.69. The number of ether oxygens (including phenoxy) is 2. The van der Waals surface area contributed by atoms with E-state index in [4.69, 9.17) is 25.6 Å². The number of rotatable bonds is 12. The lowest BCUT2D eigenvalue weighted by Crippen LogP contribution is -2.44. The van der Waals surface area contributed by atoms with Crippen LogP contribution in [-0.4, -0.2) is 48.5 Å². The Bertz CT molecular complexity index is 1150. The van der Waals surface area contributed by atoms with Crippen molar-refractivity contribution in [3.8, 4) is 17.0 Å². The summed E-state index contributed by atoms with van der Waals surface area (Å²) >= 11 is 6.11. The van der Waals surface area contributed by atoms with Crippen LogP contribution in [0.3, 0.4) is 0 Å². The number of amides is 1. The molecule has 1 aromatic heterocycles. The highest BCUT2D eigenvalue weighted by Crippen LogP contribution is 2.28. The molecule has 1 unspecified atom stereocenters. The van der Waals surface area contributed by atoms with Gasteiger partial charge in [0.2, 0.25) is 5.76 Å². The van der Waals surface area contributed by atoms with Crippen LogP contribution in [0.15, 0.2) is 59.1 Å². The molecule has 2 aromatic carbocycles. The molecule has 0 spiro atoms. The highest BCUT2D eigenvalue weighted by molar-refractivity contribution is 6.30. The van der Waals surface area contributed by atoms with Crippen molar-refractivity contribution >= 4 is 23.5 Å². The highest BCUT2D eigenvalue weighted by atomic mass is 35.5. The number of carbonyl (C=O) groups is 2. The summed E-state index contributed by atoms with van der Waals surface area (Å²) in [4.78, 5) is 24.9. The van der Waals surface area contributed by atoms with Gasteiger partial charge in [-0.3, -0.25) is 9.59 Å². The maximum Gasteiger partial charge on any atom is 0.311 e. The molecule has 0 aliphatic rings. The molecule has 0 saturated heterocycles. The lowest BCUT2D eigenvalue weighted by atomic mass is 9.82. The summed E-state index contributed by atoms with van der Waals surface area (Å²) in [5, 5.41) is 17.1. The number of hydrogen-bond acceptors (Lipinski definition) is 6. The van der Waals surface area contributed by atoms with Gasteiger partial charge in [0.05, 0.1) is 25.2 Å². The smallest absolute Gasteiger partial charge is 0.311 e. The largest absolute Gasteiger partial charge is 0.481 e. The molecule has 3 rings (SSSR count). The van der Waals surface area contributed by atoms with Crippen LogP contribution in [-0.2, 0) is 16.0 Å². The Morgan fingerprint density at radius 3 is 2.51 bits per heavy atom. The number of benzene rings is 2. The minimum absolute atomic E-state index is 0.0229. The Morgan fingerprint density at radius 1 is 1.17 bits per heavy atom. The van der Waals surface area contributed by atoms with Crippen molar-refractivity contribution in [1.29, 1.82) is 0 Å². The van der Waals surface area contributed by atoms with Gasteiger partial charge in [-0.15, -0.1) is 0 Å². The average Bonchev–Trinajstić information content (AvgIpc) is 3.33. The average molecular weight is 501 g/mol. The first-order valence-corrected chi connectivity index (χ1v) is 11.6. The van der Waals surface area contributed by atoms with E-state index in [1.54, 1.807) is 13.8 Å². The number of halogens is 1. The molecule has 2 N–H and O–H groups in total. The topological polar surface area (TPSA) is 111 Å². The Labute approximate surface area is 209 Å². The molecule has 35 heavy (non-hydrogen) atoms. The standard InChI is InChI=1S/C26H29ClN2O6/c1-4-34-16-26(2,25(31)32)15-21(28-24(30)22-14-23(33-3)29-35-22)12-17-8-10-18(11-9-17)19-6-5-7-20(27)13-19/h5-11,13-14,21H,4,12,15-16H2,1-3H3,(H,28,30)(H,31,32)/t21-,26?/m1/s1. The van der Waals surface area contributed by atoms with E-state index in [1.165, 1.54) is 13.2 Å². The van der Waals surface area contributed by atoms with Crippen molar-refractivity contribution in [2.75, 3.05) is 20.3 Å². The molecule has 0 saturated carbocycles. The fraction of sp³-hybridized carbons (Fsp3) is 0.346. The van der Waals surface area contributed by atoms with Gasteiger partial charge in [-0.2, -0.15) is 0 Å². The van der Waals surface area contributed by atoms with E-state index in [0.29, 0.717) is 18.1 Å². The SMILES string of the molecule is CCOCC(C)(C[C@@H](Cc1ccc(-c2cccc(Cl)c2)cc1)NC(=O)c1cc(OC)no1)C(=O)O. The monoisotopic (exact) mass is 500 g/mol. The van der Waals surface area contributed by atoms with E-state index in [0.717, 1.165) is 16.7 Å². The van der Waals surface area contributed by atoms with E-state index in [1.807, 2.05) is 48.5 Å². The minimum Gasteiger partial charge on any atom is -0.481 e. The van der Waals surface area contributed by atoms with Crippen molar-refractivity contribution < 1.29 is 28.7 Å². The quantitative estimate of drug-likeness (QED) is 0.365. The van der Waals surface area contributed by atoms with Crippen molar-refractivity contribution in [3.05, 3.63) is 70.9 Å². The van der Waals surface area contributed by atoms with Gasteiger partial charge in [-0.05, 0) is 60.7 Å². The van der Waals surface area contributed by atoms with Crippen LogP contribution >= 0.6 is 11.6 Å². The highest BCUT2D eigenvalue weighted by Gasteiger charge is 2.37. The van der Waals surface area contributed by atoms with E-state index in [9.17, 15) is 14.7 Å². The fourth-order valence-corrected chi connectivity index (χ4v) is 3.95. The van der Waals surface area contributed by atoms with Crippen molar-refractivity contribution in [1.82, 2.24) is 10.5 Å². The van der Waals surface area contributed by atoms with Gasteiger partial charge >= 0.3 is 5.97 Å². The van der Waals surface area contributed by atoms with Gasteiger partial charge in [0.1, 0.15) is 0 Å². The number of aromatic nitrogens is 1. The lowest BCUT2D eigenvalue weighted by molar-refractivity contribution is -0.152. The molecule has 1 amide bonds. The van der Waals surface area contributed by atoms with Crippen molar-refractivity contribution in [3.63, 3.8) is 0 Å². The van der Waals surface area contributed by atoms with Gasteiger partial charge in [-0.1, -0.05) is 48.0 Å². The minimum atomic E-state index is -1.20. The third kappa shape index (κ3) is 7.07. The number of aliphatic carboxylic acids is 1. The molecular weight excluding hydrogens is 472 g/mol. The van der Waals surface area contributed by atoms with E-state index in [2.05, 4.69) is 10.5 Å². The van der Waals surface area contributed by atoms with Crippen molar-refractivity contribution in [2.24, 2.45) is 5.41 Å². The summed E-state index contributed by atoms with van der Waals surface area (Å²) < 4.78 is 15.5. The fourth-order valence-electron chi connectivity index (χ4n) is 3.76. The predicted octanol–water partition coefficient (Wildman–Crippen LogP) is 4.86.